The highest BCUT2D eigenvalue weighted by Gasteiger charge is 2.06. The lowest BCUT2D eigenvalue weighted by atomic mass is 10.0. The van der Waals surface area contributed by atoms with Gasteiger partial charge in [0.2, 0.25) is 0 Å². The van der Waals surface area contributed by atoms with Crippen LogP contribution >= 0.6 is 0 Å². The lowest BCUT2D eigenvalue weighted by Crippen LogP contribution is -2.10. The van der Waals surface area contributed by atoms with Crippen LogP contribution in [0.3, 0.4) is 0 Å². The Bertz CT molecular complexity index is 450. The van der Waals surface area contributed by atoms with Crippen LogP contribution in [-0.2, 0) is 0 Å². The second kappa shape index (κ2) is 4.86. The fourth-order valence-corrected chi connectivity index (χ4v) is 1.48. The molecule has 2 unspecified atom stereocenters. The predicted octanol–water partition coefficient (Wildman–Crippen LogP) is 0.905. The van der Waals surface area contributed by atoms with Gasteiger partial charge in [-0.05, 0) is 25.0 Å². The molecule has 0 aliphatic heterocycles. The van der Waals surface area contributed by atoms with Crippen LogP contribution in [0, 0.1) is 23.7 Å². The zero-order valence-electron chi connectivity index (χ0n) is 8.77. The number of fused-ring (bicyclic) bond motifs is 1. The van der Waals surface area contributed by atoms with Crippen LogP contribution in [-0.4, -0.2) is 22.4 Å². The van der Waals surface area contributed by atoms with E-state index in [0.29, 0.717) is 12.8 Å². The van der Waals surface area contributed by atoms with E-state index in [-0.39, 0.29) is 0 Å². The smallest absolute Gasteiger partial charge is 0.115 e. The quantitative estimate of drug-likeness (QED) is 0.627. The Balaban J connectivity index is 2.44. The van der Waals surface area contributed by atoms with Crippen LogP contribution in [0.25, 0.3) is 0 Å². The maximum atomic E-state index is 9.54. The second-order valence-corrected chi connectivity index (χ2v) is 3.69. The average Bonchev–Trinajstić information content (AvgIpc) is 2.31. The Labute approximate surface area is 94.9 Å². The van der Waals surface area contributed by atoms with Gasteiger partial charge in [-0.15, -0.1) is 0 Å². The van der Waals surface area contributed by atoms with Gasteiger partial charge in [0.25, 0.3) is 0 Å². The zero-order chi connectivity index (χ0) is 11.4. The first-order valence-corrected chi connectivity index (χ1v) is 5.24. The van der Waals surface area contributed by atoms with Crippen molar-refractivity contribution in [2.45, 2.75) is 25.0 Å². The number of aliphatic hydroxyl groups is 2. The van der Waals surface area contributed by atoms with E-state index in [2.05, 4.69) is 23.7 Å². The van der Waals surface area contributed by atoms with Gasteiger partial charge in [-0.25, -0.2) is 0 Å². The highest BCUT2D eigenvalue weighted by atomic mass is 16.3. The molecule has 0 fully saturated rings. The topological polar surface area (TPSA) is 40.5 Å². The molecule has 0 spiro atoms. The first-order chi connectivity index (χ1) is 7.75. The lowest BCUT2D eigenvalue weighted by Gasteiger charge is -2.06. The third kappa shape index (κ3) is 2.64. The molecular formula is C14H12O2. The highest BCUT2D eigenvalue weighted by Crippen LogP contribution is 2.08. The van der Waals surface area contributed by atoms with Crippen LogP contribution < -0.4 is 0 Å². The minimum atomic E-state index is -0.692. The van der Waals surface area contributed by atoms with E-state index in [0.717, 1.165) is 11.1 Å². The molecule has 2 N–H and O–H groups in total. The molecule has 1 aliphatic rings. The Morgan fingerprint density at radius 3 is 1.75 bits per heavy atom. The summed E-state index contributed by atoms with van der Waals surface area (Å²) in [6.45, 7) is 0. The van der Waals surface area contributed by atoms with Crippen LogP contribution in [0.2, 0.25) is 0 Å². The zero-order valence-corrected chi connectivity index (χ0v) is 8.77. The molecule has 16 heavy (non-hydrogen) atoms. The molecule has 1 aliphatic carbocycles. The third-order valence-electron chi connectivity index (χ3n) is 2.39. The molecule has 1 aromatic rings. The number of benzene rings is 1. The van der Waals surface area contributed by atoms with Crippen molar-refractivity contribution >= 4 is 0 Å². The van der Waals surface area contributed by atoms with Crippen LogP contribution in [0.15, 0.2) is 24.3 Å². The largest absolute Gasteiger partial charge is 0.380 e. The van der Waals surface area contributed by atoms with E-state index >= 15 is 0 Å². The summed E-state index contributed by atoms with van der Waals surface area (Å²) in [5.41, 5.74) is 1.59. The number of aliphatic hydroxyl groups excluding tert-OH is 2. The van der Waals surface area contributed by atoms with Crippen molar-refractivity contribution < 1.29 is 10.2 Å². The Hall–Kier alpha value is -1.74. The van der Waals surface area contributed by atoms with E-state index < -0.39 is 12.2 Å². The van der Waals surface area contributed by atoms with E-state index in [9.17, 15) is 10.2 Å². The van der Waals surface area contributed by atoms with Crippen molar-refractivity contribution in [2.24, 2.45) is 0 Å². The summed E-state index contributed by atoms with van der Waals surface area (Å²) in [5.74, 6) is 11.3. The Kier molecular flexibility index (Phi) is 3.27. The molecule has 80 valence electrons. The average molecular weight is 212 g/mol. The van der Waals surface area contributed by atoms with Gasteiger partial charge in [-0.2, -0.15) is 0 Å². The molecule has 1 aromatic carbocycles. The SMILES string of the molecule is OC1C#Cc2ccccc2C#CC(O)CC1. The molecule has 2 heteroatoms. The molecule has 0 aromatic heterocycles. The van der Waals surface area contributed by atoms with Crippen molar-refractivity contribution in [1.82, 2.24) is 0 Å². The fraction of sp³-hybridized carbons (Fsp3) is 0.286. The normalized spacial score (nSPS) is 23.1. The van der Waals surface area contributed by atoms with Gasteiger partial charge in [0, 0.05) is 11.1 Å². The van der Waals surface area contributed by atoms with E-state index in [1.165, 1.54) is 0 Å². The minimum Gasteiger partial charge on any atom is -0.380 e. The number of hydrogen-bond acceptors (Lipinski definition) is 2. The summed E-state index contributed by atoms with van der Waals surface area (Å²) in [4.78, 5) is 0. The van der Waals surface area contributed by atoms with Gasteiger partial charge in [-0.3, -0.25) is 0 Å². The fourth-order valence-electron chi connectivity index (χ4n) is 1.48. The maximum Gasteiger partial charge on any atom is 0.115 e. The molecule has 0 bridgehead atoms. The highest BCUT2D eigenvalue weighted by molar-refractivity contribution is 5.50. The standard InChI is InChI=1S/C14H12O2/c15-13-7-5-11-3-1-2-4-12(11)6-8-14(16)10-9-13/h1-4,13-16H,9-10H2. The van der Waals surface area contributed by atoms with Crippen LogP contribution in [0.1, 0.15) is 24.0 Å². The van der Waals surface area contributed by atoms with Crippen molar-refractivity contribution in [3.63, 3.8) is 0 Å². The third-order valence-corrected chi connectivity index (χ3v) is 2.39. The van der Waals surface area contributed by atoms with Gasteiger partial charge >= 0.3 is 0 Å². The molecule has 0 heterocycles. The molecule has 2 rings (SSSR count). The van der Waals surface area contributed by atoms with E-state index in [1.54, 1.807) is 0 Å². The van der Waals surface area contributed by atoms with Crippen LogP contribution in [0.4, 0.5) is 0 Å². The first-order valence-electron chi connectivity index (χ1n) is 5.24. The summed E-state index contributed by atoms with van der Waals surface area (Å²) >= 11 is 0. The number of hydrogen-bond donors (Lipinski definition) is 2. The van der Waals surface area contributed by atoms with Gasteiger partial charge in [0.05, 0.1) is 0 Å². The van der Waals surface area contributed by atoms with Gasteiger partial charge in [-0.1, -0.05) is 35.8 Å². The summed E-state index contributed by atoms with van der Waals surface area (Å²) < 4.78 is 0. The van der Waals surface area contributed by atoms with Crippen molar-refractivity contribution in [3.8, 4) is 23.7 Å². The molecule has 2 nitrogen and oxygen atoms in total. The summed E-state index contributed by atoms with van der Waals surface area (Å²) in [6, 6.07) is 7.48. The maximum absolute atomic E-state index is 9.54. The second-order valence-electron chi connectivity index (χ2n) is 3.69. The summed E-state index contributed by atoms with van der Waals surface area (Å²) in [6.07, 6.45) is -0.485. The molecular weight excluding hydrogens is 200 g/mol. The number of rotatable bonds is 0. The first kappa shape index (κ1) is 10.8. The van der Waals surface area contributed by atoms with Gasteiger partial charge in [0.1, 0.15) is 12.2 Å². The Morgan fingerprint density at radius 2 is 1.31 bits per heavy atom. The Morgan fingerprint density at radius 1 is 0.875 bits per heavy atom. The van der Waals surface area contributed by atoms with Crippen LogP contribution in [0.5, 0.6) is 0 Å². The minimum absolute atomic E-state index is 0.449. The molecule has 0 radical (unpaired) electrons. The van der Waals surface area contributed by atoms with Crippen molar-refractivity contribution in [2.75, 3.05) is 0 Å². The van der Waals surface area contributed by atoms with E-state index in [4.69, 9.17) is 0 Å². The molecule has 0 saturated heterocycles. The van der Waals surface area contributed by atoms with Crippen molar-refractivity contribution in [3.05, 3.63) is 35.4 Å². The molecule has 2 atom stereocenters. The summed E-state index contributed by atoms with van der Waals surface area (Å²) in [5, 5.41) is 19.1. The molecule has 0 saturated carbocycles. The van der Waals surface area contributed by atoms with Crippen molar-refractivity contribution in [1.29, 1.82) is 0 Å². The lowest BCUT2D eigenvalue weighted by molar-refractivity contribution is 0.172. The van der Waals surface area contributed by atoms with Gasteiger partial charge in [0.15, 0.2) is 0 Å². The summed E-state index contributed by atoms with van der Waals surface area (Å²) in [7, 11) is 0. The van der Waals surface area contributed by atoms with E-state index in [1.807, 2.05) is 24.3 Å². The predicted molar refractivity (Wildman–Crippen MR) is 61.4 cm³/mol. The molecule has 0 amide bonds. The van der Waals surface area contributed by atoms with Gasteiger partial charge < -0.3 is 10.2 Å². The monoisotopic (exact) mass is 212 g/mol.